The Morgan fingerprint density at radius 1 is 1.27 bits per heavy atom. The van der Waals surface area contributed by atoms with Crippen molar-refractivity contribution in [2.45, 2.75) is 25.2 Å². The summed E-state index contributed by atoms with van der Waals surface area (Å²) in [5, 5.41) is 9.91. The van der Waals surface area contributed by atoms with Crippen LogP contribution in [0, 0.1) is 3.57 Å². The van der Waals surface area contributed by atoms with Crippen LogP contribution in [0.5, 0.6) is 11.5 Å². The number of hydrogen-bond acceptors (Lipinski definition) is 3. The lowest BCUT2D eigenvalue weighted by Gasteiger charge is -2.34. The van der Waals surface area contributed by atoms with E-state index in [0.717, 1.165) is 33.1 Å². The number of ether oxygens (including phenoxy) is 1. The summed E-state index contributed by atoms with van der Waals surface area (Å²) in [6, 6.07) is 11.3. The smallest absolute Gasteiger partial charge is 0.173 e. The molecule has 114 valence electrons. The van der Waals surface area contributed by atoms with E-state index in [1.54, 1.807) is 12.1 Å². The maximum atomic E-state index is 13.1. The van der Waals surface area contributed by atoms with Crippen LogP contribution >= 0.6 is 22.6 Å². The van der Waals surface area contributed by atoms with Gasteiger partial charge in [0.2, 0.25) is 0 Å². The number of aromatic hydroxyl groups is 1. The van der Waals surface area contributed by atoms with Gasteiger partial charge >= 0.3 is 0 Å². The number of phenolic OH excluding ortho intramolecular Hbond substituents is 1. The van der Waals surface area contributed by atoms with Gasteiger partial charge in [0.25, 0.3) is 0 Å². The normalized spacial score (nSPS) is 20.6. The molecule has 0 aliphatic heterocycles. The van der Waals surface area contributed by atoms with Gasteiger partial charge in [0.05, 0.1) is 12.5 Å². The van der Waals surface area contributed by atoms with Crippen LogP contribution in [0.2, 0.25) is 0 Å². The topological polar surface area (TPSA) is 46.5 Å². The van der Waals surface area contributed by atoms with Gasteiger partial charge in [0, 0.05) is 9.13 Å². The first-order chi connectivity index (χ1) is 10.5. The molecule has 0 radical (unpaired) electrons. The van der Waals surface area contributed by atoms with E-state index in [9.17, 15) is 9.90 Å². The first-order valence-corrected chi connectivity index (χ1v) is 8.25. The third-order valence-corrected chi connectivity index (χ3v) is 5.41. The van der Waals surface area contributed by atoms with E-state index in [1.807, 2.05) is 31.2 Å². The van der Waals surface area contributed by atoms with Gasteiger partial charge in [0.1, 0.15) is 0 Å². The predicted octanol–water partition coefficient (Wildman–Crippen LogP) is 4.09. The molecule has 1 N–H and O–H groups in total. The first-order valence-electron chi connectivity index (χ1n) is 7.17. The van der Waals surface area contributed by atoms with Gasteiger partial charge in [-0.25, -0.2) is 0 Å². The number of fused-ring (bicyclic) bond motifs is 1. The molecule has 2 aromatic carbocycles. The number of carbonyl (C=O) groups excluding carboxylic acids is 1. The number of carbonyl (C=O) groups is 1. The van der Waals surface area contributed by atoms with Crippen molar-refractivity contribution in [2.75, 3.05) is 7.11 Å². The molecule has 3 rings (SSSR count). The van der Waals surface area contributed by atoms with E-state index < -0.39 is 5.41 Å². The maximum Gasteiger partial charge on any atom is 0.173 e. The second-order valence-corrected chi connectivity index (χ2v) is 6.98. The Kier molecular flexibility index (Phi) is 3.89. The number of ketones is 1. The summed E-state index contributed by atoms with van der Waals surface area (Å²) in [5.41, 5.74) is 2.25. The molecule has 0 heterocycles. The number of phenols is 1. The summed E-state index contributed by atoms with van der Waals surface area (Å²) in [4.78, 5) is 13.1. The molecule has 4 heteroatoms. The molecule has 2 aromatic rings. The highest BCUT2D eigenvalue weighted by Gasteiger charge is 2.41. The summed E-state index contributed by atoms with van der Waals surface area (Å²) < 4.78 is 6.10. The fourth-order valence-electron chi connectivity index (χ4n) is 3.14. The maximum absolute atomic E-state index is 13.1. The molecule has 3 nitrogen and oxygen atoms in total. The lowest BCUT2D eigenvalue weighted by Crippen LogP contribution is -2.38. The van der Waals surface area contributed by atoms with Crippen molar-refractivity contribution >= 4 is 28.4 Å². The monoisotopic (exact) mass is 408 g/mol. The van der Waals surface area contributed by atoms with Gasteiger partial charge in [-0.1, -0.05) is 24.3 Å². The molecule has 1 aliphatic rings. The minimum absolute atomic E-state index is 0.0999. The van der Waals surface area contributed by atoms with Crippen molar-refractivity contribution in [1.82, 2.24) is 0 Å². The lowest BCUT2D eigenvalue weighted by atomic mass is 9.68. The fourth-order valence-corrected chi connectivity index (χ4v) is 4.19. The number of rotatable bonds is 2. The van der Waals surface area contributed by atoms with Crippen molar-refractivity contribution in [2.24, 2.45) is 0 Å². The molecule has 0 spiro atoms. The average Bonchev–Trinajstić information content (AvgIpc) is 2.51. The number of hydrogen-bond donors (Lipinski definition) is 1. The molecular formula is C18H17IO3. The van der Waals surface area contributed by atoms with E-state index in [1.165, 1.54) is 7.11 Å². The molecular weight excluding hydrogens is 391 g/mol. The first kappa shape index (κ1) is 15.3. The van der Waals surface area contributed by atoms with Crippen LogP contribution in [-0.2, 0) is 11.8 Å². The van der Waals surface area contributed by atoms with Crippen molar-refractivity contribution in [3.8, 4) is 11.5 Å². The van der Waals surface area contributed by atoms with Gasteiger partial charge in [0.15, 0.2) is 17.3 Å². The summed E-state index contributed by atoms with van der Waals surface area (Å²) in [7, 11) is 1.52. The molecule has 1 atom stereocenters. The van der Waals surface area contributed by atoms with Crippen LogP contribution in [0.4, 0.5) is 0 Å². The van der Waals surface area contributed by atoms with E-state index >= 15 is 0 Å². The van der Waals surface area contributed by atoms with E-state index in [0.29, 0.717) is 5.75 Å². The Bertz CT molecular complexity index is 754. The summed E-state index contributed by atoms with van der Waals surface area (Å²) in [5.74, 6) is 0.645. The molecule has 1 aliphatic carbocycles. The molecule has 0 bridgehead atoms. The lowest BCUT2D eigenvalue weighted by molar-refractivity contribution is 0.0874. The SMILES string of the molecule is COc1cc([C@@]2(C)CCc3ccccc3C2=O)c(I)cc1O. The molecule has 0 amide bonds. The van der Waals surface area contributed by atoms with Crippen molar-refractivity contribution in [3.63, 3.8) is 0 Å². The third-order valence-electron chi connectivity index (χ3n) is 4.52. The van der Waals surface area contributed by atoms with E-state index in [4.69, 9.17) is 4.74 Å². The van der Waals surface area contributed by atoms with Gasteiger partial charge in [-0.2, -0.15) is 0 Å². The molecule has 0 fully saturated rings. The molecule has 0 saturated carbocycles. The number of halogens is 1. The number of Topliss-reactive ketones (excluding diaryl/α,β-unsaturated/α-hetero) is 1. The van der Waals surface area contributed by atoms with Crippen molar-refractivity contribution < 1.29 is 14.6 Å². The Balaban J connectivity index is 2.14. The zero-order valence-corrected chi connectivity index (χ0v) is 14.7. The van der Waals surface area contributed by atoms with Crippen LogP contribution in [0.1, 0.15) is 34.8 Å². The second-order valence-electron chi connectivity index (χ2n) is 5.82. The predicted molar refractivity (Wildman–Crippen MR) is 93.8 cm³/mol. The quantitative estimate of drug-likeness (QED) is 0.762. The molecule has 22 heavy (non-hydrogen) atoms. The Labute approximate surface area is 143 Å². The van der Waals surface area contributed by atoms with Crippen LogP contribution < -0.4 is 4.74 Å². The Hall–Kier alpha value is -1.56. The van der Waals surface area contributed by atoms with Crippen LogP contribution in [0.3, 0.4) is 0 Å². The third kappa shape index (κ3) is 2.29. The molecule has 0 unspecified atom stereocenters. The van der Waals surface area contributed by atoms with Gasteiger partial charge in [-0.15, -0.1) is 0 Å². The summed E-state index contributed by atoms with van der Waals surface area (Å²) in [6.45, 7) is 1.99. The van der Waals surface area contributed by atoms with Crippen LogP contribution in [-0.4, -0.2) is 18.0 Å². The largest absolute Gasteiger partial charge is 0.504 e. The van der Waals surface area contributed by atoms with Gasteiger partial charge in [-0.05, 0) is 65.6 Å². The summed E-state index contributed by atoms with van der Waals surface area (Å²) >= 11 is 2.17. The highest BCUT2D eigenvalue weighted by molar-refractivity contribution is 14.1. The standard InChI is InChI=1S/C18H17IO3/c1-18(13-9-16(22-2)15(20)10-14(13)19)8-7-11-5-3-4-6-12(11)17(18)21/h3-6,9-10,20H,7-8H2,1-2H3/t18-/m1/s1. The number of aryl methyl sites for hydroxylation is 1. The Morgan fingerprint density at radius 2 is 2.00 bits per heavy atom. The van der Waals surface area contributed by atoms with Crippen LogP contribution in [0.25, 0.3) is 0 Å². The van der Waals surface area contributed by atoms with Crippen molar-refractivity contribution in [1.29, 1.82) is 0 Å². The zero-order valence-electron chi connectivity index (χ0n) is 12.5. The minimum Gasteiger partial charge on any atom is -0.504 e. The zero-order chi connectivity index (χ0) is 15.9. The average molecular weight is 408 g/mol. The highest BCUT2D eigenvalue weighted by Crippen LogP contribution is 2.43. The number of benzene rings is 2. The number of methoxy groups -OCH3 is 1. The van der Waals surface area contributed by atoms with E-state index in [2.05, 4.69) is 22.6 Å². The minimum atomic E-state index is -0.591. The second kappa shape index (κ2) is 5.57. The summed E-state index contributed by atoms with van der Waals surface area (Å²) in [6.07, 6.45) is 1.63. The van der Waals surface area contributed by atoms with Crippen LogP contribution in [0.15, 0.2) is 36.4 Å². The van der Waals surface area contributed by atoms with E-state index in [-0.39, 0.29) is 11.5 Å². The highest BCUT2D eigenvalue weighted by atomic mass is 127. The van der Waals surface area contributed by atoms with Gasteiger partial charge < -0.3 is 9.84 Å². The Morgan fingerprint density at radius 3 is 2.73 bits per heavy atom. The van der Waals surface area contributed by atoms with Crippen molar-refractivity contribution in [3.05, 3.63) is 56.7 Å². The molecule has 0 saturated heterocycles. The molecule has 0 aromatic heterocycles. The van der Waals surface area contributed by atoms with Gasteiger partial charge in [-0.3, -0.25) is 4.79 Å². The fraction of sp³-hybridized carbons (Fsp3) is 0.278.